The Labute approximate surface area is 279 Å². The number of rotatable bonds is 11. The molecule has 0 radical (unpaired) electrons. The maximum absolute atomic E-state index is 13.6. The van der Waals surface area contributed by atoms with Crippen LogP contribution < -0.4 is 10.6 Å². The molecule has 3 aliphatic rings. The summed E-state index contributed by atoms with van der Waals surface area (Å²) in [5.74, 6) is -1.81. The van der Waals surface area contributed by atoms with Gasteiger partial charge in [-0.2, -0.15) is 0 Å². The number of ether oxygens (including phenoxy) is 5. The van der Waals surface area contributed by atoms with Crippen molar-refractivity contribution in [3.63, 3.8) is 0 Å². The standard InChI is InChI=1S/C34H47N3O11/c1-5-18-21(15-24-26-20(11-13-35-24)19-9-6-7-10-23(19)37-26)22(30(42)44-14-8-12-36-33(43)48-34(2,3)4)17-45-31(18)47-32-29(41)28(40)27(39)25(16-38)46-32/h5-7,9-10,17-18,21,24-25,27-29,31-32,35,37-41H,1,8,11-16H2,2-4H3,(H,36,43)/t18-,21+,24+,25-,27-,28+,29-,31+,32+/m1/s1. The number of benzene rings is 1. The molecule has 9 atom stereocenters. The van der Waals surface area contributed by atoms with Gasteiger partial charge in [0.05, 0.1) is 25.0 Å². The summed E-state index contributed by atoms with van der Waals surface area (Å²) >= 11 is 0. The number of hydrogen-bond donors (Lipinski definition) is 7. The Bertz CT molecular complexity index is 1470. The first-order chi connectivity index (χ1) is 22.9. The van der Waals surface area contributed by atoms with Crippen molar-refractivity contribution >= 4 is 23.0 Å². The van der Waals surface area contributed by atoms with Crippen molar-refractivity contribution < 1.29 is 53.7 Å². The number of hydrogen-bond acceptors (Lipinski definition) is 12. The second-order valence-corrected chi connectivity index (χ2v) is 13.3. The minimum atomic E-state index is -1.64. The average Bonchev–Trinajstić information content (AvgIpc) is 3.44. The number of aliphatic hydroxyl groups excluding tert-OH is 4. The van der Waals surface area contributed by atoms with Gasteiger partial charge < -0.3 is 59.7 Å². The zero-order valence-electron chi connectivity index (χ0n) is 27.5. The smallest absolute Gasteiger partial charge is 0.407 e. The predicted octanol–water partition coefficient (Wildman–Crippen LogP) is 1.68. The summed E-state index contributed by atoms with van der Waals surface area (Å²) < 4.78 is 28.3. The summed E-state index contributed by atoms with van der Waals surface area (Å²) in [6.07, 6.45) is -4.68. The van der Waals surface area contributed by atoms with E-state index in [0.29, 0.717) is 12.8 Å². The molecular weight excluding hydrogens is 626 g/mol. The minimum Gasteiger partial charge on any atom is -0.471 e. The van der Waals surface area contributed by atoms with Gasteiger partial charge in [-0.25, -0.2) is 9.59 Å². The van der Waals surface area contributed by atoms with E-state index in [-0.39, 0.29) is 24.8 Å². The van der Waals surface area contributed by atoms with Gasteiger partial charge in [-0.05, 0) is 58.2 Å². The van der Waals surface area contributed by atoms with Crippen molar-refractivity contribution in [2.24, 2.45) is 11.8 Å². The lowest BCUT2D eigenvalue weighted by atomic mass is 9.78. The number of carbonyl (C=O) groups excluding carboxylic acids is 2. The van der Waals surface area contributed by atoms with E-state index in [1.807, 2.05) is 18.2 Å². The number of aromatic nitrogens is 1. The number of carbonyl (C=O) groups is 2. The first-order valence-electron chi connectivity index (χ1n) is 16.3. The number of H-pyrrole nitrogens is 1. The molecule has 3 aliphatic heterocycles. The van der Waals surface area contributed by atoms with Crippen LogP contribution in [0, 0.1) is 11.8 Å². The number of alkyl carbamates (subject to hydrolysis) is 1. The third-order valence-electron chi connectivity index (χ3n) is 8.81. The predicted molar refractivity (Wildman–Crippen MR) is 172 cm³/mol. The van der Waals surface area contributed by atoms with Crippen LogP contribution in [0.4, 0.5) is 4.79 Å². The molecule has 14 heteroatoms. The van der Waals surface area contributed by atoms with E-state index >= 15 is 0 Å². The largest absolute Gasteiger partial charge is 0.471 e. The summed E-state index contributed by atoms with van der Waals surface area (Å²) in [5, 5.41) is 48.1. The number of esters is 1. The first-order valence-corrected chi connectivity index (χ1v) is 16.3. The van der Waals surface area contributed by atoms with Crippen LogP contribution in [-0.4, -0.2) is 106 Å². The summed E-state index contributed by atoms with van der Waals surface area (Å²) in [7, 11) is 0. The SMILES string of the molecule is C=C[C@H]1[C@H](O[C@@H]2O[C@H](CO)[C@@H](O)[C@H](O)[C@H]2O)OC=C(C(=O)OCCCNC(=O)OC(C)(C)C)[C@H]1C[C@@H]1NCCc2c1[nH]c1ccccc21. The van der Waals surface area contributed by atoms with E-state index in [1.54, 1.807) is 26.8 Å². The third-order valence-corrected chi connectivity index (χ3v) is 8.81. The van der Waals surface area contributed by atoms with Crippen LogP contribution >= 0.6 is 0 Å². The van der Waals surface area contributed by atoms with Gasteiger partial charge in [0.1, 0.15) is 30.0 Å². The molecule has 0 saturated carbocycles. The molecule has 0 spiro atoms. The molecule has 5 rings (SSSR count). The molecule has 1 saturated heterocycles. The molecule has 48 heavy (non-hydrogen) atoms. The number of fused-ring (bicyclic) bond motifs is 3. The Morgan fingerprint density at radius 2 is 1.90 bits per heavy atom. The first kappa shape index (κ1) is 35.8. The quantitative estimate of drug-likeness (QED) is 0.104. The van der Waals surface area contributed by atoms with Gasteiger partial charge in [-0.3, -0.25) is 0 Å². The van der Waals surface area contributed by atoms with Crippen molar-refractivity contribution in [2.75, 3.05) is 26.3 Å². The lowest BCUT2D eigenvalue weighted by Gasteiger charge is -2.43. The van der Waals surface area contributed by atoms with Crippen molar-refractivity contribution in [3.05, 3.63) is 60.0 Å². The summed E-state index contributed by atoms with van der Waals surface area (Å²) in [4.78, 5) is 29.1. The van der Waals surface area contributed by atoms with E-state index < -0.39 is 73.1 Å². The monoisotopic (exact) mass is 673 g/mol. The molecule has 1 fully saturated rings. The highest BCUT2D eigenvalue weighted by molar-refractivity contribution is 5.89. The Morgan fingerprint density at radius 1 is 1.12 bits per heavy atom. The number of aromatic amines is 1. The van der Waals surface area contributed by atoms with Crippen LogP contribution in [0.15, 0.2) is 48.8 Å². The van der Waals surface area contributed by atoms with Crippen molar-refractivity contribution in [1.29, 1.82) is 0 Å². The van der Waals surface area contributed by atoms with Gasteiger partial charge in [0, 0.05) is 41.0 Å². The Morgan fingerprint density at radius 3 is 2.62 bits per heavy atom. The van der Waals surface area contributed by atoms with Crippen molar-refractivity contribution in [3.8, 4) is 0 Å². The van der Waals surface area contributed by atoms with E-state index in [0.717, 1.165) is 29.6 Å². The second kappa shape index (κ2) is 15.4. The normalized spacial score (nSPS) is 30.5. The fraction of sp³-hybridized carbons (Fsp3) is 0.588. The Kier molecular flexibility index (Phi) is 11.5. The molecule has 0 bridgehead atoms. The fourth-order valence-corrected chi connectivity index (χ4v) is 6.45. The van der Waals surface area contributed by atoms with Crippen LogP contribution in [0.2, 0.25) is 0 Å². The molecule has 4 heterocycles. The lowest BCUT2D eigenvalue weighted by Crippen LogP contribution is -2.60. The summed E-state index contributed by atoms with van der Waals surface area (Å²) in [6.45, 7) is 9.66. The maximum Gasteiger partial charge on any atom is 0.407 e. The minimum absolute atomic E-state index is 0.0239. The molecule has 2 aromatic rings. The topological polar surface area (TPSA) is 201 Å². The van der Waals surface area contributed by atoms with Gasteiger partial charge in [-0.1, -0.05) is 24.3 Å². The number of aliphatic hydroxyl groups is 4. The highest BCUT2D eigenvalue weighted by Crippen LogP contribution is 2.42. The fourth-order valence-electron chi connectivity index (χ4n) is 6.45. The highest BCUT2D eigenvalue weighted by atomic mass is 16.8. The van der Waals surface area contributed by atoms with E-state index in [2.05, 4.69) is 28.3 Å². The van der Waals surface area contributed by atoms with Crippen molar-refractivity contribution in [1.82, 2.24) is 15.6 Å². The number of para-hydroxylation sites is 1. The summed E-state index contributed by atoms with van der Waals surface area (Å²) in [6, 6.07) is 7.89. The maximum atomic E-state index is 13.6. The second-order valence-electron chi connectivity index (χ2n) is 13.3. The highest BCUT2D eigenvalue weighted by Gasteiger charge is 2.48. The van der Waals surface area contributed by atoms with Crippen LogP contribution in [0.25, 0.3) is 10.9 Å². The number of nitrogens with one attached hydrogen (secondary N) is 3. The van der Waals surface area contributed by atoms with Gasteiger partial charge >= 0.3 is 12.1 Å². The molecule has 7 N–H and O–H groups in total. The Balaban J connectivity index is 1.34. The average molecular weight is 674 g/mol. The zero-order valence-corrected chi connectivity index (χ0v) is 27.5. The third kappa shape index (κ3) is 8.03. The van der Waals surface area contributed by atoms with Crippen LogP contribution in [0.5, 0.6) is 0 Å². The van der Waals surface area contributed by atoms with Crippen LogP contribution in [0.1, 0.15) is 50.9 Å². The molecule has 1 amide bonds. The Hall–Kier alpha value is -3.50. The van der Waals surface area contributed by atoms with E-state index in [4.69, 9.17) is 23.7 Å². The lowest BCUT2D eigenvalue weighted by molar-refractivity contribution is -0.339. The molecule has 264 valence electrons. The summed E-state index contributed by atoms with van der Waals surface area (Å²) in [5.41, 5.74) is 2.85. The molecule has 1 aromatic heterocycles. The van der Waals surface area contributed by atoms with Gasteiger partial charge in [0.25, 0.3) is 0 Å². The van der Waals surface area contributed by atoms with Gasteiger partial charge in [-0.15, -0.1) is 6.58 Å². The molecule has 0 aliphatic carbocycles. The molecule has 14 nitrogen and oxygen atoms in total. The van der Waals surface area contributed by atoms with Gasteiger partial charge in [0.15, 0.2) is 6.29 Å². The van der Waals surface area contributed by atoms with E-state index in [1.165, 1.54) is 11.8 Å². The molecule has 1 aromatic carbocycles. The number of amides is 1. The molecular formula is C34H47N3O11. The van der Waals surface area contributed by atoms with Gasteiger partial charge in [0.2, 0.25) is 6.29 Å². The van der Waals surface area contributed by atoms with Crippen LogP contribution in [0.3, 0.4) is 0 Å². The zero-order chi connectivity index (χ0) is 34.6. The van der Waals surface area contributed by atoms with Crippen LogP contribution in [-0.2, 0) is 34.9 Å². The molecule has 0 unspecified atom stereocenters. The van der Waals surface area contributed by atoms with E-state index in [9.17, 15) is 30.0 Å². The van der Waals surface area contributed by atoms with Crippen molar-refractivity contribution in [2.45, 2.75) is 88.7 Å².